The molecule has 1 rings (SSSR count). The molecule has 0 aromatic heterocycles. The van der Waals surface area contributed by atoms with E-state index in [4.69, 9.17) is 4.74 Å². The van der Waals surface area contributed by atoms with E-state index >= 15 is 0 Å². The van der Waals surface area contributed by atoms with Gasteiger partial charge in [0, 0.05) is 12.6 Å². The lowest BCUT2D eigenvalue weighted by Crippen LogP contribution is -2.29. The fourth-order valence-electron chi connectivity index (χ4n) is 2.53. The van der Waals surface area contributed by atoms with E-state index in [1.165, 1.54) is 30.4 Å². The summed E-state index contributed by atoms with van der Waals surface area (Å²) in [5.41, 5.74) is 2.54. The van der Waals surface area contributed by atoms with E-state index < -0.39 is 0 Å². The van der Waals surface area contributed by atoms with E-state index in [9.17, 15) is 0 Å². The van der Waals surface area contributed by atoms with Gasteiger partial charge >= 0.3 is 0 Å². The largest absolute Gasteiger partial charge is 0.496 e. The van der Waals surface area contributed by atoms with Crippen molar-refractivity contribution in [1.82, 2.24) is 5.32 Å². The Morgan fingerprint density at radius 2 is 2.00 bits per heavy atom. The number of ether oxygens (including phenoxy) is 1. The van der Waals surface area contributed by atoms with E-state index in [1.807, 2.05) is 0 Å². The monoisotopic (exact) mass is 263 g/mol. The number of nitrogens with one attached hydrogen (secondary N) is 1. The predicted molar refractivity (Wildman–Crippen MR) is 82.7 cm³/mol. The fraction of sp³-hybridized carbons (Fsp3) is 0.647. The topological polar surface area (TPSA) is 21.3 Å². The molecule has 0 spiro atoms. The molecule has 2 nitrogen and oxygen atoms in total. The Morgan fingerprint density at radius 1 is 1.26 bits per heavy atom. The summed E-state index contributed by atoms with van der Waals surface area (Å²) in [5.74, 6) is 1.72. The molecule has 0 heterocycles. The van der Waals surface area contributed by atoms with Crippen molar-refractivity contribution in [1.29, 1.82) is 0 Å². The second kappa shape index (κ2) is 8.21. The molecule has 1 unspecified atom stereocenters. The van der Waals surface area contributed by atoms with Gasteiger partial charge < -0.3 is 10.1 Å². The van der Waals surface area contributed by atoms with Crippen LogP contribution in [0.5, 0.6) is 5.75 Å². The first kappa shape index (κ1) is 16.0. The molecule has 0 radical (unpaired) electrons. The van der Waals surface area contributed by atoms with Crippen molar-refractivity contribution >= 4 is 0 Å². The van der Waals surface area contributed by atoms with Crippen LogP contribution in [0, 0.1) is 12.8 Å². The minimum Gasteiger partial charge on any atom is -0.496 e. The molecular formula is C17H29NO. The van der Waals surface area contributed by atoms with E-state index in [0.717, 1.165) is 18.2 Å². The van der Waals surface area contributed by atoms with Gasteiger partial charge in [-0.05, 0) is 42.9 Å². The molecule has 1 aromatic carbocycles. The van der Waals surface area contributed by atoms with Gasteiger partial charge in [-0.2, -0.15) is 0 Å². The predicted octanol–water partition coefficient (Wildman–Crippen LogP) is 4.31. The second-order valence-corrected chi connectivity index (χ2v) is 5.80. The average molecular weight is 263 g/mol. The van der Waals surface area contributed by atoms with Crippen molar-refractivity contribution < 1.29 is 4.74 Å². The van der Waals surface area contributed by atoms with Crippen molar-refractivity contribution in [2.24, 2.45) is 5.92 Å². The van der Waals surface area contributed by atoms with Crippen LogP contribution in [0.4, 0.5) is 0 Å². The molecule has 0 aliphatic heterocycles. The van der Waals surface area contributed by atoms with Crippen molar-refractivity contribution in [2.75, 3.05) is 7.11 Å². The van der Waals surface area contributed by atoms with Gasteiger partial charge in [0.25, 0.3) is 0 Å². The maximum Gasteiger partial charge on any atom is 0.121 e. The number of rotatable bonds is 8. The van der Waals surface area contributed by atoms with Gasteiger partial charge in [0.05, 0.1) is 7.11 Å². The van der Waals surface area contributed by atoms with E-state index in [0.29, 0.717) is 6.04 Å². The molecule has 1 N–H and O–H groups in total. The Balaban J connectivity index is 2.55. The van der Waals surface area contributed by atoms with E-state index in [-0.39, 0.29) is 0 Å². The van der Waals surface area contributed by atoms with Gasteiger partial charge in [-0.15, -0.1) is 0 Å². The standard InChI is InChI=1S/C17H29NO/c1-6-7-16(10-13(2)3)18-12-15-8-9-17(19-5)14(4)11-15/h8-9,11,13,16,18H,6-7,10,12H2,1-5H3. The van der Waals surface area contributed by atoms with Gasteiger partial charge in [0.2, 0.25) is 0 Å². The summed E-state index contributed by atoms with van der Waals surface area (Å²) in [5, 5.41) is 3.69. The molecule has 1 atom stereocenters. The SMILES string of the molecule is CCCC(CC(C)C)NCc1ccc(OC)c(C)c1. The van der Waals surface area contributed by atoms with Crippen LogP contribution >= 0.6 is 0 Å². The number of benzene rings is 1. The Morgan fingerprint density at radius 3 is 2.53 bits per heavy atom. The summed E-state index contributed by atoms with van der Waals surface area (Å²) in [4.78, 5) is 0. The lowest BCUT2D eigenvalue weighted by molar-refractivity contribution is 0.393. The summed E-state index contributed by atoms with van der Waals surface area (Å²) in [6, 6.07) is 7.05. The number of aryl methyl sites for hydroxylation is 1. The molecule has 108 valence electrons. The summed E-state index contributed by atoms with van der Waals surface area (Å²) in [6.07, 6.45) is 3.75. The van der Waals surface area contributed by atoms with Crippen LogP contribution in [0.25, 0.3) is 0 Å². The summed E-state index contributed by atoms with van der Waals surface area (Å²) >= 11 is 0. The number of methoxy groups -OCH3 is 1. The highest BCUT2D eigenvalue weighted by Crippen LogP contribution is 2.19. The average Bonchev–Trinajstić information content (AvgIpc) is 2.36. The molecule has 0 saturated carbocycles. The fourth-order valence-corrected chi connectivity index (χ4v) is 2.53. The van der Waals surface area contributed by atoms with Gasteiger partial charge in [0.15, 0.2) is 0 Å². The van der Waals surface area contributed by atoms with Crippen LogP contribution in [0.15, 0.2) is 18.2 Å². The normalized spacial score (nSPS) is 12.7. The summed E-state index contributed by atoms with van der Waals surface area (Å²) < 4.78 is 5.30. The minimum atomic E-state index is 0.632. The zero-order valence-electron chi connectivity index (χ0n) is 13.1. The van der Waals surface area contributed by atoms with Gasteiger partial charge in [0.1, 0.15) is 5.75 Å². The smallest absolute Gasteiger partial charge is 0.121 e. The maximum absolute atomic E-state index is 5.30. The van der Waals surface area contributed by atoms with Crippen LogP contribution in [0.1, 0.15) is 51.2 Å². The van der Waals surface area contributed by atoms with E-state index in [1.54, 1.807) is 7.11 Å². The van der Waals surface area contributed by atoms with Crippen molar-refractivity contribution in [3.8, 4) is 5.75 Å². The minimum absolute atomic E-state index is 0.632. The third-order valence-electron chi connectivity index (χ3n) is 3.45. The molecule has 0 saturated heterocycles. The van der Waals surface area contributed by atoms with Crippen molar-refractivity contribution in [2.45, 2.75) is 59.5 Å². The lowest BCUT2D eigenvalue weighted by atomic mass is 9.99. The first-order valence-corrected chi connectivity index (χ1v) is 7.43. The highest BCUT2D eigenvalue weighted by atomic mass is 16.5. The van der Waals surface area contributed by atoms with E-state index in [2.05, 4.69) is 51.2 Å². The molecule has 0 aliphatic carbocycles. The molecule has 1 aromatic rings. The van der Waals surface area contributed by atoms with Crippen LogP contribution in [-0.2, 0) is 6.54 Å². The number of hydrogen-bond donors (Lipinski definition) is 1. The maximum atomic E-state index is 5.30. The first-order chi connectivity index (χ1) is 9.06. The highest BCUT2D eigenvalue weighted by molar-refractivity contribution is 5.36. The zero-order valence-corrected chi connectivity index (χ0v) is 13.1. The quantitative estimate of drug-likeness (QED) is 0.754. The Kier molecular flexibility index (Phi) is 6.93. The van der Waals surface area contributed by atoms with Gasteiger partial charge in [-0.25, -0.2) is 0 Å². The molecule has 0 bridgehead atoms. The van der Waals surface area contributed by atoms with Crippen LogP contribution in [0.2, 0.25) is 0 Å². The summed E-state index contributed by atoms with van der Waals surface area (Å²) in [7, 11) is 1.72. The Bertz CT molecular complexity index is 374. The second-order valence-electron chi connectivity index (χ2n) is 5.80. The molecular weight excluding hydrogens is 234 g/mol. The Labute approximate surface area is 118 Å². The van der Waals surface area contributed by atoms with Crippen molar-refractivity contribution in [3.05, 3.63) is 29.3 Å². The zero-order chi connectivity index (χ0) is 14.3. The Hall–Kier alpha value is -1.02. The first-order valence-electron chi connectivity index (χ1n) is 7.43. The summed E-state index contributed by atoms with van der Waals surface area (Å²) in [6.45, 7) is 9.89. The molecule has 0 aliphatic rings. The van der Waals surface area contributed by atoms with Gasteiger partial charge in [-0.1, -0.05) is 39.3 Å². The number of hydrogen-bond acceptors (Lipinski definition) is 2. The molecule has 0 fully saturated rings. The molecule has 2 heteroatoms. The van der Waals surface area contributed by atoms with Crippen LogP contribution in [-0.4, -0.2) is 13.2 Å². The van der Waals surface area contributed by atoms with Crippen LogP contribution < -0.4 is 10.1 Å². The third kappa shape index (κ3) is 5.65. The van der Waals surface area contributed by atoms with Gasteiger partial charge in [-0.3, -0.25) is 0 Å². The van der Waals surface area contributed by atoms with Crippen molar-refractivity contribution in [3.63, 3.8) is 0 Å². The lowest BCUT2D eigenvalue weighted by Gasteiger charge is -2.20. The highest BCUT2D eigenvalue weighted by Gasteiger charge is 2.09. The van der Waals surface area contributed by atoms with Crippen LogP contribution in [0.3, 0.4) is 0 Å². The molecule has 19 heavy (non-hydrogen) atoms. The molecule has 0 amide bonds. The third-order valence-corrected chi connectivity index (χ3v) is 3.45.